The maximum Gasteiger partial charge on any atom is 0.255 e. The number of aromatic amines is 1. The van der Waals surface area contributed by atoms with Gasteiger partial charge in [-0.3, -0.25) is 14.6 Å². The van der Waals surface area contributed by atoms with E-state index in [1.807, 2.05) is 44.2 Å². The number of rotatable bonds is 5. The van der Waals surface area contributed by atoms with Gasteiger partial charge in [0.05, 0.1) is 12.1 Å². The van der Waals surface area contributed by atoms with Gasteiger partial charge in [-0.15, -0.1) is 0 Å². The zero-order chi connectivity index (χ0) is 18.7. The molecule has 1 aromatic carbocycles. The van der Waals surface area contributed by atoms with E-state index < -0.39 is 0 Å². The van der Waals surface area contributed by atoms with E-state index in [2.05, 4.69) is 20.4 Å². The number of hydrogen-bond acceptors (Lipinski definition) is 4. The molecule has 0 spiro atoms. The molecule has 3 aromatic rings. The van der Waals surface area contributed by atoms with Gasteiger partial charge in [-0.1, -0.05) is 37.3 Å². The summed E-state index contributed by atoms with van der Waals surface area (Å²) in [6.07, 6.45) is 0.857. The lowest BCUT2D eigenvalue weighted by Crippen LogP contribution is -2.22. The summed E-state index contributed by atoms with van der Waals surface area (Å²) in [5.74, 6) is 0.588. The smallest absolute Gasteiger partial charge is 0.255 e. The molecule has 2 heterocycles. The molecule has 2 aromatic heterocycles. The fraction of sp³-hybridized carbons (Fsp3) is 0.263. The molecule has 0 saturated carbocycles. The summed E-state index contributed by atoms with van der Waals surface area (Å²) < 4.78 is 1.45. The lowest BCUT2D eigenvalue weighted by Gasteiger charge is -2.10. The van der Waals surface area contributed by atoms with Crippen LogP contribution in [0.3, 0.4) is 0 Å². The molecule has 26 heavy (non-hydrogen) atoms. The van der Waals surface area contributed by atoms with Crippen LogP contribution < -0.4 is 10.9 Å². The minimum absolute atomic E-state index is 0.165. The van der Waals surface area contributed by atoms with Crippen molar-refractivity contribution in [2.75, 3.05) is 5.32 Å². The van der Waals surface area contributed by atoms with Crippen molar-refractivity contribution in [3.63, 3.8) is 0 Å². The summed E-state index contributed by atoms with van der Waals surface area (Å²) in [5.41, 5.74) is 2.74. The highest BCUT2D eigenvalue weighted by Crippen LogP contribution is 2.15. The molecular weight excluding hydrogens is 330 g/mol. The van der Waals surface area contributed by atoms with Crippen molar-refractivity contribution in [2.45, 2.75) is 33.6 Å². The molecule has 2 N–H and O–H groups in total. The fourth-order valence-corrected chi connectivity index (χ4v) is 2.83. The number of H-pyrrole nitrogens is 1. The van der Waals surface area contributed by atoms with Crippen LogP contribution in [0.1, 0.15) is 29.4 Å². The molecule has 7 heteroatoms. The van der Waals surface area contributed by atoms with Crippen molar-refractivity contribution in [2.24, 2.45) is 0 Å². The van der Waals surface area contributed by atoms with E-state index in [0.717, 1.165) is 5.56 Å². The number of nitrogens with zero attached hydrogens (tertiary/aromatic N) is 3. The first-order valence-corrected chi connectivity index (χ1v) is 8.48. The van der Waals surface area contributed by atoms with Gasteiger partial charge in [0, 0.05) is 17.3 Å². The molecule has 0 radical (unpaired) electrons. The standard InChI is InChI=1S/C19H21N5O2/c1-4-15-13(3)20-19(22-18(15)26)24-16(10-12(2)23-24)21-17(25)11-14-8-6-5-7-9-14/h5-10H,4,11H2,1-3H3,(H,21,25)(H,20,22,26). The van der Waals surface area contributed by atoms with Crippen LogP contribution in [0.15, 0.2) is 41.2 Å². The molecule has 7 nitrogen and oxygen atoms in total. The number of carbonyl (C=O) groups is 1. The molecule has 0 aliphatic rings. The second-order valence-electron chi connectivity index (χ2n) is 6.10. The Balaban J connectivity index is 1.89. The average Bonchev–Trinajstić information content (AvgIpc) is 2.95. The third-order valence-electron chi connectivity index (χ3n) is 4.07. The Morgan fingerprint density at radius 1 is 1.23 bits per heavy atom. The summed E-state index contributed by atoms with van der Waals surface area (Å²) in [7, 11) is 0. The highest BCUT2D eigenvalue weighted by atomic mass is 16.1. The van der Waals surface area contributed by atoms with Gasteiger partial charge in [0.1, 0.15) is 5.82 Å². The maximum atomic E-state index is 12.4. The Labute approximate surface area is 151 Å². The molecular formula is C19H21N5O2. The first-order chi connectivity index (χ1) is 12.5. The minimum atomic E-state index is -0.190. The van der Waals surface area contributed by atoms with E-state index in [1.54, 1.807) is 13.0 Å². The van der Waals surface area contributed by atoms with Gasteiger partial charge in [-0.05, 0) is 25.8 Å². The zero-order valence-electron chi connectivity index (χ0n) is 15.0. The number of aromatic nitrogens is 4. The van der Waals surface area contributed by atoms with Crippen molar-refractivity contribution >= 4 is 11.7 Å². The van der Waals surface area contributed by atoms with Gasteiger partial charge < -0.3 is 5.32 Å². The summed E-state index contributed by atoms with van der Waals surface area (Å²) in [6, 6.07) is 11.2. The van der Waals surface area contributed by atoms with E-state index in [4.69, 9.17) is 0 Å². The third kappa shape index (κ3) is 3.72. The van der Waals surface area contributed by atoms with Crippen LogP contribution in [0.4, 0.5) is 5.82 Å². The lowest BCUT2D eigenvalue weighted by atomic mass is 10.1. The molecule has 0 saturated heterocycles. The van der Waals surface area contributed by atoms with Crippen molar-refractivity contribution in [3.05, 3.63) is 69.3 Å². The second-order valence-corrected chi connectivity index (χ2v) is 6.10. The van der Waals surface area contributed by atoms with E-state index in [1.165, 1.54) is 4.68 Å². The molecule has 0 aliphatic carbocycles. The Bertz CT molecular complexity index is 989. The summed E-state index contributed by atoms with van der Waals surface area (Å²) in [4.78, 5) is 31.8. The molecule has 1 amide bonds. The molecule has 3 rings (SSSR count). The van der Waals surface area contributed by atoms with Crippen LogP contribution in [0.25, 0.3) is 5.95 Å². The van der Waals surface area contributed by atoms with Gasteiger partial charge in [0.15, 0.2) is 0 Å². The molecule has 134 valence electrons. The molecule has 0 bridgehead atoms. The van der Waals surface area contributed by atoms with Crippen molar-refractivity contribution < 1.29 is 4.79 Å². The number of amides is 1. The summed E-state index contributed by atoms with van der Waals surface area (Å²) in [5, 5.41) is 7.19. The van der Waals surface area contributed by atoms with Crippen LogP contribution in [-0.2, 0) is 17.6 Å². The summed E-state index contributed by atoms with van der Waals surface area (Å²) in [6.45, 7) is 5.52. The lowest BCUT2D eigenvalue weighted by molar-refractivity contribution is -0.115. The third-order valence-corrected chi connectivity index (χ3v) is 4.07. The Morgan fingerprint density at radius 2 is 1.96 bits per heavy atom. The van der Waals surface area contributed by atoms with Crippen molar-refractivity contribution in [1.82, 2.24) is 19.7 Å². The minimum Gasteiger partial charge on any atom is -0.310 e. The van der Waals surface area contributed by atoms with Crippen LogP contribution in [0, 0.1) is 13.8 Å². The number of aryl methyl sites for hydroxylation is 2. The molecule has 0 fully saturated rings. The van der Waals surface area contributed by atoms with E-state index in [-0.39, 0.29) is 23.8 Å². The van der Waals surface area contributed by atoms with Gasteiger partial charge in [0.2, 0.25) is 11.9 Å². The van der Waals surface area contributed by atoms with Gasteiger partial charge in [-0.25, -0.2) is 4.98 Å². The largest absolute Gasteiger partial charge is 0.310 e. The number of anilines is 1. The quantitative estimate of drug-likeness (QED) is 0.738. The number of hydrogen-bond donors (Lipinski definition) is 2. The fourth-order valence-electron chi connectivity index (χ4n) is 2.83. The normalized spacial score (nSPS) is 10.7. The van der Waals surface area contributed by atoms with E-state index in [0.29, 0.717) is 29.2 Å². The second kappa shape index (κ2) is 7.35. The molecule has 0 unspecified atom stereocenters. The van der Waals surface area contributed by atoms with Crippen LogP contribution in [-0.4, -0.2) is 25.7 Å². The zero-order valence-corrected chi connectivity index (χ0v) is 15.0. The number of benzene rings is 1. The topological polar surface area (TPSA) is 92.7 Å². The molecule has 0 atom stereocenters. The van der Waals surface area contributed by atoms with Crippen LogP contribution >= 0.6 is 0 Å². The van der Waals surface area contributed by atoms with Crippen molar-refractivity contribution in [3.8, 4) is 5.95 Å². The highest BCUT2D eigenvalue weighted by Gasteiger charge is 2.15. The maximum absolute atomic E-state index is 12.4. The van der Waals surface area contributed by atoms with Gasteiger partial charge in [-0.2, -0.15) is 9.78 Å². The molecule has 0 aliphatic heterocycles. The first kappa shape index (κ1) is 17.6. The van der Waals surface area contributed by atoms with E-state index in [9.17, 15) is 9.59 Å². The van der Waals surface area contributed by atoms with E-state index >= 15 is 0 Å². The van der Waals surface area contributed by atoms with Gasteiger partial charge in [0.25, 0.3) is 5.56 Å². The van der Waals surface area contributed by atoms with Gasteiger partial charge >= 0.3 is 0 Å². The SMILES string of the molecule is CCc1c(C)nc(-n2nc(C)cc2NC(=O)Cc2ccccc2)[nH]c1=O. The Hall–Kier alpha value is -3.22. The monoisotopic (exact) mass is 351 g/mol. The highest BCUT2D eigenvalue weighted by molar-refractivity contribution is 5.91. The first-order valence-electron chi connectivity index (χ1n) is 8.48. The average molecular weight is 351 g/mol. The number of carbonyl (C=O) groups excluding carboxylic acids is 1. The number of nitrogens with one attached hydrogen (secondary N) is 2. The predicted molar refractivity (Wildman–Crippen MR) is 99.6 cm³/mol. The van der Waals surface area contributed by atoms with Crippen LogP contribution in [0.2, 0.25) is 0 Å². The summed E-state index contributed by atoms with van der Waals surface area (Å²) >= 11 is 0. The van der Waals surface area contributed by atoms with Crippen LogP contribution in [0.5, 0.6) is 0 Å². The predicted octanol–water partition coefficient (Wildman–Crippen LogP) is 2.32. The Morgan fingerprint density at radius 3 is 2.62 bits per heavy atom. The Kier molecular flexibility index (Phi) is 4.97. The van der Waals surface area contributed by atoms with Crippen molar-refractivity contribution in [1.29, 1.82) is 0 Å².